The van der Waals surface area contributed by atoms with E-state index in [1.165, 1.54) is 0 Å². The number of nitrogens with zero attached hydrogens (tertiary/aromatic N) is 5. The highest BCUT2D eigenvalue weighted by molar-refractivity contribution is 5.86. The minimum Gasteiger partial charge on any atom is -0.479 e. The lowest BCUT2D eigenvalue weighted by atomic mass is 9.99. The molecule has 1 amide bonds. The monoisotopic (exact) mass is 362 g/mol. The van der Waals surface area contributed by atoms with Crippen molar-refractivity contribution >= 4 is 23.5 Å². The van der Waals surface area contributed by atoms with Crippen molar-refractivity contribution in [1.82, 2.24) is 24.9 Å². The largest absolute Gasteiger partial charge is 0.479 e. The number of carboxylic acids is 1. The molecule has 3 heterocycles. The van der Waals surface area contributed by atoms with Gasteiger partial charge in [0, 0.05) is 25.4 Å². The maximum atomic E-state index is 12.1. The number of ether oxygens (including phenoxy) is 1. The summed E-state index contributed by atoms with van der Waals surface area (Å²) in [4.78, 5) is 30.2. The minimum atomic E-state index is -1.45. The third-order valence-electron chi connectivity index (χ3n) is 4.20. The van der Waals surface area contributed by atoms with Crippen LogP contribution in [-0.2, 0) is 9.53 Å². The second-order valence-electron chi connectivity index (χ2n) is 7.38. The van der Waals surface area contributed by atoms with Gasteiger partial charge in [-0.2, -0.15) is 0 Å². The first-order valence-electron chi connectivity index (χ1n) is 8.27. The van der Waals surface area contributed by atoms with Gasteiger partial charge in [0.2, 0.25) is 5.65 Å². The average molecular weight is 362 g/mol. The summed E-state index contributed by atoms with van der Waals surface area (Å²) in [6.07, 6.45) is 2.82. The highest BCUT2D eigenvalue weighted by atomic mass is 16.6. The molecule has 1 saturated heterocycles. The first-order chi connectivity index (χ1) is 12.1. The van der Waals surface area contributed by atoms with E-state index in [9.17, 15) is 14.7 Å². The first kappa shape index (κ1) is 17.9. The summed E-state index contributed by atoms with van der Waals surface area (Å²) in [5, 5.41) is 20.4. The van der Waals surface area contributed by atoms with E-state index in [2.05, 4.69) is 20.5 Å². The Bertz CT molecular complexity index is 858. The fourth-order valence-corrected chi connectivity index (χ4v) is 2.97. The van der Waals surface area contributed by atoms with E-state index in [1.54, 1.807) is 42.5 Å². The van der Waals surface area contributed by atoms with Gasteiger partial charge in [-0.1, -0.05) is 0 Å². The summed E-state index contributed by atoms with van der Waals surface area (Å²) in [5.41, 5.74) is -1.62. The van der Waals surface area contributed by atoms with Crippen molar-refractivity contribution in [3.8, 4) is 0 Å². The summed E-state index contributed by atoms with van der Waals surface area (Å²) in [7, 11) is 0. The zero-order valence-corrected chi connectivity index (χ0v) is 15.2. The Kier molecular flexibility index (Phi) is 4.21. The van der Waals surface area contributed by atoms with E-state index in [1.807, 2.05) is 6.92 Å². The van der Waals surface area contributed by atoms with Crippen LogP contribution in [-0.4, -0.2) is 61.0 Å². The van der Waals surface area contributed by atoms with E-state index in [0.717, 1.165) is 0 Å². The molecule has 2 aromatic rings. The van der Waals surface area contributed by atoms with E-state index in [4.69, 9.17) is 4.74 Å². The van der Waals surface area contributed by atoms with E-state index < -0.39 is 23.2 Å². The average Bonchev–Trinajstić information content (AvgIpc) is 3.11. The number of carboxylic acid groups (broad SMARTS) is 1. The molecule has 10 nitrogen and oxygen atoms in total. The van der Waals surface area contributed by atoms with Crippen molar-refractivity contribution in [3.63, 3.8) is 0 Å². The molecule has 26 heavy (non-hydrogen) atoms. The van der Waals surface area contributed by atoms with Crippen LogP contribution < -0.4 is 10.2 Å². The number of anilines is 1. The van der Waals surface area contributed by atoms with Gasteiger partial charge in [-0.3, -0.25) is 4.40 Å². The Hall–Kier alpha value is -2.91. The fourth-order valence-electron chi connectivity index (χ4n) is 2.97. The Balaban J connectivity index is 1.85. The summed E-state index contributed by atoms with van der Waals surface area (Å²) >= 11 is 0. The predicted octanol–water partition coefficient (Wildman–Crippen LogP) is 0.991. The minimum absolute atomic E-state index is 0.0557. The van der Waals surface area contributed by atoms with Crippen LogP contribution >= 0.6 is 0 Å². The molecule has 140 valence electrons. The Labute approximate surface area is 150 Å². The number of aliphatic carboxylic acids is 1. The van der Waals surface area contributed by atoms with Crippen molar-refractivity contribution in [2.75, 3.05) is 18.0 Å². The number of alkyl carbamates (subject to hydrolysis) is 1. The zero-order valence-electron chi connectivity index (χ0n) is 15.2. The molecule has 1 unspecified atom stereocenters. The maximum Gasteiger partial charge on any atom is 0.408 e. The number of carbonyl (C=O) groups excluding carboxylic acids is 1. The topological polar surface area (TPSA) is 122 Å². The third-order valence-corrected chi connectivity index (χ3v) is 4.20. The molecule has 0 saturated carbocycles. The number of aromatic nitrogens is 4. The molecule has 10 heteroatoms. The molecule has 2 N–H and O–H groups in total. The van der Waals surface area contributed by atoms with Crippen molar-refractivity contribution in [1.29, 1.82) is 0 Å². The van der Waals surface area contributed by atoms with Gasteiger partial charge in [0.05, 0.1) is 6.54 Å². The molecular formula is C16H22N6O4. The third kappa shape index (κ3) is 3.26. The van der Waals surface area contributed by atoms with Crippen molar-refractivity contribution in [2.24, 2.45) is 0 Å². The van der Waals surface area contributed by atoms with Gasteiger partial charge in [0.15, 0.2) is 11.4 Å². The van der Waals surface area contributed by atoms with Crippen molar-refractivity contribution in [3.05, 3.63) is 18.2 Å². The lowest BCUT2D eigenvalue weighted by Crippen LogP contribution is -2.57. The van der Waals surface area contributed by atoms with E-state index in [-0.39, 0.29) is 13.0 Å². The van der Waals surface area contributed by atoms with Crippen LogP contribution in [0.1, 0.15) is 33.0 Å². The second-order valence-corrected chi connectivity index (χ2v) is 7.38. The Morgan fingerprint density at radius 1 is 1.35 bits per heavy atom. The van der Waals surface area contributed by atoms with Crippen LogP contribution in [0.25, 0.3) is 5.65 Å². The molecule has 1 aliphatic rings. The molecular weight excluding hydrogens is 340 g/mol. The maximum absolute atomic E-state index is 12.1. The van der Waals surface area contributed by atoms with Crippen LogP contribution in [0.15, 0.2) is 12.4 Å². The number of rotatable bonds is 3. The number of aryl methyl sites for hydroxylation is 1. The Morgan fingerprint density at radius 3 is 2.73 bits per heavy atom. The quantitative estimate of drug-likeness (QED) is 0.829. The van der Waals surface area contributed by atoms with Gasteiger partial charge < -0.3 is 20.1 Å². The molecule has 1 fully saturated rings. The van der Waals surface area contributed by atoms with E-state index >= 15 is 0 Å². The molecule has 0 aliphatic carbocycles. The SMILES string of the molecule is Cc1nnc2c(N3CCC(NC(=O)OC(C)(C)C)(C(=O)O)C3)nccn12. The predicted molar refractivity (Wildman–Crippen MR) is 92.1 cm³/mol. The van der Waals surface area contributed by atoms with Crippen LogP contribution in [0.3, 0.4) is 0 Å². The number of hydrogen-bond acceptors (Lipinski definition) is 7. The second kappa shape index (κ2) is 6.11. The molecule has 0 radical (unpaired) electrons. The number of carbonyl (C=O) groups is 2. The van der Waals surface area contributed by atoms with Gasteiger partial charge in [0.25, 0.3) is 0 Å². The van der Waals surface area contributed by atoms with Gasteiger partial charge in [-0.25, -0.2) is 14.6 Å². The molecule has 0 spiro atoms. The zero-order chi connectivity index (χ0) is 19.1. The lowest BCUT2D eigenvalue weighted by molar-refractivity contribution is -0.143. The molecule has 1 atom stereocenters. The summed E-state index contributed by atoms with van der Waals surface area (Å²) < 4.78 is 7.00. The lowest BCUT2D eigenvalue weighted by Gasteiger charge is -2.28. The number of fused-ring (bicyclic) bond motifs is 1. The summed E-state index contributed by atoms with van der Waals surface area (Å²) in [6, 6.07) is 0. The number of nitrogens with one attached hydrogen (secondary N) is 1. The van der Waals surface area contributed by atoms with Crippen molar-refractivity contribution in [2.45, 2.75) is 45.3 Å². The number of hydrogen-bond donors (Lipinski definition) is 2. The van der Waals surface area contributed by atoms with Crippen molar-refractivity contribution < 1.29 is 19.4 Å². The molecule has 1 aliphatic heterocycles. The van der Waals surface area contributed by atoms with E-state index in [0.29, 0.717) is 23.8 Å². The number of amides is 1. The highest BCUT2D eigenvalue weighted by Crippen LogP contribution is 2.28. The van der Waals surface area contributed by atoms with Gasteiger partial charge in [-0.05, 0) is 27.7 Å². The van der Waals surface area contributed by atoms with Crippen LogP contribution in [0.2, 0.25) is 0 Å². The normalized spacial score (nSPS) is 20.4. The highest BCUT2D eigenvalue weighted by Gasteiger charge is 2.48. The molecule has 2 aromatic heterocycles. The first-order valence-corrected chi connectivity index (χ1v) is 8.27. The summed E-state index contributed by atoms with van der Waals surface area (Å²) in [6.45, 7) is 7.44. The smallest absolute Gasteiger partial charge is 0.408 e. The van der Waals surface area contributed by atoms with Gasteiger partial charge in [0.1, 0.15) is 11.4 Å². The van der Waals surface area contributed by atoms with Crippen LogP contribution in [0.5, 0.6) is 0 Å². The van der Waals surface area contributed by atoms with Gasteiger partial charge in [-0.15, -0.1) is 10.2 Å². The van der Waals surface area contributed by atoms with Gasteiger partial charge >= 0.3 is 12.1 Å². The van der Waals surface area contributed by atoms with Crippen LogP contribution in [0.4, 0.5) is 10.6 Å². The summed E-state index contributed by atoms with van der Waals surface area (Å²) in [5.74, 6) is 0.122. The fraction of sp³-hybridized carbons (Fsp3) is 0.562. The molecule has 0 aromatic carbocycles. The molecule has 3 rings (SSSR count). The van der Waals surface area contributed by atoms with Crippen LogP contribution in [0, 0.1) is 6.92 Å². The Morgan fingerprint density at radius 2 is 2.08 bits per heavy atom. The standard InChI is InChI=1S/C16H22N6O4/c1-10-19-20-12-11(17-6-8-22(10)12)21-7-5-16(9-21,13(23)24)18-14(25)26-15(2,3)4/h6,8H,5,7,9H2,1-4H3,(H,18,25)(H,23,24). The molecule has 0 bridgehead atoms.